The SMILES string of the molecule is CCC(CC)C(=O)Nc1ccc(Nc2ccccc2C(F)(F)F)nc1. The highest BCUT2D eigenvalue weighted by molar-refractivity contribution is 5.92. The van der Waals surface area contributed by atoms with Crippen LogP contribution >= 0.6 is 0 Å². The molecule has 25 heavy (non-hydrogen) atoms. The number of carbonyl (C=O) groups is 1. The van der Waals surface area contributed by atoms with E-state index in [0.717, 1.165) is 18.9 Å². The van der Waals surface area contributed by atoms with Crippen molar-refractivity contribution >= 4 is 23.1 Å². The van der Waals surface area contributed by atoms with Crippen LogP contribution in [-0.4, -0.2) is 10.9 Å². The lowest BCUT2D eigenvalue weighted by Gasteiger charge is -2.15. The molecule has 1 amide bonds. The van der Waals surface area contributed by atoms with Crippen molar-refractivity contribution in [3.05, 3.63) is 48.2 Å². The second kappa shape index (κ2) is 8.00. The zero-order valence-corrected chi connectivity index (χ0v) is 14.0. The summed E-state index contributed by atoms with van der Waals surface area (Å²) in [6.07, 6.45) is -1.56. The Morgan fingerprint density at radius 3 is 2.36 bits per heavy atom. The van der Waals surface area contributed by atoms with Crippen LogP contribution in [0.3, 0.4) is 0 Å². The van der Waals surface area contributed by atoms with Crippen molar-refractivity contribution in [3.63, 3.8) is 0 Å². The molecule has 7 heteroatoms. The van der Waals surface area contributed by atoms with E-state index in [9.17, 15) is 18.0 Å². The number of halogens is 3. The van der Waals surface area contributed by atoms with E-state index in [1.54, 1.807) is 6.07 Å². The summed E-state index contributed by atoms with van der Waals surface area (Å²) in [6, 6.07) is 8.32. The maximum Gasteiger partial charge on any atom is 0.418 e. The molecule has 0 unspecified atom stereocenters. The van der Waals surface area contributed by atoms with Crippen LogP contribution in [0.4, 0.5) is 30.4 Å². The summed E-state index contributed by atoms with van der Waals surface area (Å²) in [5.74, 6) is 0.101. The molecule has 0 bridgehead atoms. The smallest absolute Gasteiger partial charge is 0.340 e. The highest BCUT2D eigenvalue weighted by atomic mass is 19.4. The lowest BCUT2D eigenvalue weighted by Crippen LogP contribution is -2.21. The molecule has 1 heterocycles. The normalized spacial score (nSPS) is 11.4. The Labute approximate surface area is 144 Å². The monoisotopic (exact) mass is 351 g/mol. The first-order valence-corrected chi connectivity index (χ1v) is 8.05. The van der Waals surface area contributed by atoms with E-state index in [0.29, 0.717) is 5.69 Å². The van der Waals surface area contributed by atoms with Crippen LogP contribution in [0.2, 0.25) is 0 Å². The molecule has 0 saturated carbocycles. The second-order valence-corrected chi connectivity index (χ2v) is 5.60. The third-order valence-corrected chi connectivity index (χ3v) is 3.88. The molecular formula is C18H20F3N3O. The summed E-state index contributed by atoms with van der Waals surface area (Å²) in [5, 5.41) is 5.42. The van der Waals surface area contributed by atoms with Gasteiger partial charge in [-0.25, -0.2) is 4.98 Å². The first-order chi connectivity index (χ1) is 11.8. The Bertz CT molecular complexity index is 710. The minimum absolute atomic E-state index is 0.0727. The number of benzene rings is 1. The first-order valence-electron chi connectivity index (χ1n) is 8.05. The number of nitrogens with one attached hydrogen (secondary N) is 2. The van der Waals surface area contributed by atoms with Gasteiger partial charge in [0.2, 0.25) is 5.91 Å². The Morgan fingerprint density at radius 1 is 1.12 bits per heavy atom. The van der Waals surface area contributed by atoms with Gasteiger partial charge in [0.25, 0.3) is 0 Å². The molecule has 2 aromatic rings. The van der Waals surface area contributed by atoms with Crippen molar-refractivity contribution < 1.29 is 18.0 Å². The Kier molecular flexibility index (Phi) is 6.01. The summed E-state index contributed by atoms with van der Waals surface area (Å²) in [7, 11) is 0. The van der Waals surface area contributed by atoms with E-state index in [4.69, 9.17) is 0 Å². The van der Waals surface area contributed by atoms with Gasteiger partial charge in [0.05, 0.1) is 23.1 Å². The van der Waals surface area contributed by atoms with Crippen LogP contribution < -0.4 is 10.6 Å². The van der Waals surface area contributed by atoms with Gasteiger partial charge in [-0.15, -0.1) is 0 Å². The molecule has 2 rings (SSSR count). The number of carbonyl (C=O) groups excluding carboxylic acids is 1. The van der Waals surface area contributed by atoms with E-state index >= 15 is 0 Å². The third-order valence-electron chi connectivity index (χ3n) is 3.88. The molecule has 0 aliphatic carbocycles. The average Bonchev–Trinajstić information content (AvgIpc) is 2.57. The van der Waals surface area contributed by atoms with E-state index in [1.807, 2.05) is 13.8 Å². The van der Waals surface area contributed by atoms with Crippen LogP contribution in [0.5, 0.6) is 0 Å². The van der Waals surface area contributed by atoms with Gasteiger partial charge in [-0.1, -0.05) is 26.0 Å². The number of hydrogen-bond donors (Lipinski definition) is 2. The molecule has 0 aliphatic rings. The molecule has 2 N–H and O–H groups in total. The minimum atomic E-state index is -4.45. The van der Waals surface area contributed by atoms with Crippen molar-refractivity contribution in [1.82, 2.24) is 4.98 Å². The van der Waals surface area contributed by atoms with Gasteiger partial charge in [-0.3, -0.25) is 4.79 Å². The molecule has 134 valence electrons. The van der Waals surface area contributed by atoms with E-state index in [2.05, 4.69) is 15.6 Å². The quantitative estimate of drug-likeness (QED) is 0.750. The van der Waals surface area contributed by atoms with Crippen molar-refractivity contribution in [2.24, 2.45) is 5.92 Å². The Hall–Kier alpha value is -2.57. The molecule has 4 nitrogen and oxygen atoms in total. The molecule has 1 aromatic heterocycles. The molecule has 0 spiro atoms. The molecule has 0 atom stereocenters. The fourth-order valence-electron chi connectivity index (χ4n) is 2.42. The fourth-order valence-corrected chi connectivity index (χ4v) is 2.42. The van der Waals surface area contributed by atoms with Crippen molar-refractivity contribution in [2.45, 2.75) is 32.9 Å². The maximum atomic E-state index is 13.0. The highest BCUT2D eigenvalue weighted by Gasteiger charge is 2.33. The number of para-hydroxylation sites is 1. The predicted molar refractivity (Wildman–Crippen MR) is 91.7 cm³/mol. The molecule has 0 saturated heterocycles. The minimum Gasteiger partial charge on any atom is -0.340 e. The van der Waals surface area contributed by atoms with Gasteiger partial charge in [0.15, 0.2) is 0 Å². The number of nitrogens with zero attached hydrogens (tertiary/aromatic N) is 1. The van der Waals surface area contributed by atoms with Crippen molar-refractivity contribution in [3.8, 4) is 0 Å². The van der Waals surface area contributed by atoms with Crippen molar-refractivity contribution in [1.29, 1.82) is 0 Å². The largest absolute Gasteiger partial charge is 0.418 e. The number of aromatic nitrogens is 1. The Morgan fingerprint density at radius 2 is 1.80 bits per heavy atom. The first kappa shape index (κ1) is 18.8. The zero-order chi connectivity index (χ0) is 18.4. The lowest BCUT2D eigenvalue weighted by molar-refractivity contribution is -0.137. The van der Waals surface area contributed by atoms with Gasteiger partial charge >= 0.3 is 6.18 Å². The highest BCUT2D eigenvalue weighted by Crippen LogP contribution is 2.35. The second-order valence-electron chi connectivity index (χ2n) is 5.60. The predicted octanol–water partition coefficient (Wildman–Crippen LogP) is 5.22. The molecule has 0 aliphatic heterocycles. The molecule has 0 fully saturated rings. The number of rotatable bonds is 6. The van der Waals surface area contributed by atoms with E-state index < -0.39 is 11.7 Å². The summed E-state index contributed by atoms with van der Waals surface area (Å²) in [5.41, 5.74) is -0.328. The van der Waals surface area contributed by atoms with E-state index in [-0.39, 0.29) is 23.3 Å². The van der Waals surface area contributed by atoms with Crippen LogP contribution in [-0.2, 0) is 11.0 Å². The Balaban J connectivity index is 2.10. The summed E-state index contributed by atoms with van der Waals surface area (Å²) in [4.78, 5) is 16.1. The standard InChI is InChI=1S/C18H20F3N3O/c1-3-12(4-2)17(25)23-13-9-10-16(22-11-13)24-15-8-6-5-7-14(15)18(19,20)21/h5-12H,3-4H2,1-2H3,(H,22,24)(H,23,25). The number of pyridine rings is 1. The maximum absolute atomic E-state index is 13.0. The lowest BCUT2D eigenvalue weighted by atomic mass is 10.0. The molecule has 0 radical (unpaired) electrons. The zero-order valence-electron chi connectivity index (χ0n) is 14.0. The fraction of sp³-hybridized carbons (Fsp3) is 0.333. The van der Waals surface area contributed by atoms with Crippen LogP contribution in [0.25, 0.3) is 0 Å². The van der Waals surface area contributed by atoms with Gasteiger partial charge < -0.3 is 10.6 Å². The number of amides is 1. The third kappa shape index (κ3) is 4.95. The van der Waals surface area contributed by atoms with E-state index in [1.165, 1.54) is 30.5 Å². The average molecular weight is 351 g/mol. The van der Waals surface area contributed by atoms with Gasteiger partial charge in [-0.05, 0) is 37.1 Å². The summed E-state index contributed by atoms with van der Waals surface area (Å²) in [6.45, 7) is 3.88. The van der Waals surface area contributed by atoms with Crippen molar-refractivity contribution in [2.75, 3.05) is 10.6 Å². The number of anilines is 3. The molecular weight excluding hydrogens is 331 g/mol. The van der Waals surface area contributed by atoms with Crippen LogP contribution in [0, 0.1) is 5.92 Å². The number of hydrogen-bond acceptors (Lipinski definition) is 3. The topological polar surface area (TPSA) is 54.0 Å². The number of alkyl halides is 3. The molecule has 1 aromatic carbocycles. The van der Waals surface area contributed by atoms with Gasteiger partial charge in [0.1, 0.15) is 5.82 Å². The van der Waals surface area contributed by atoms with Crippen LogP contribution in [0.1, 0.15) is 32.3 Å². The summed E-state index contributed by atoms with van der Waals surface area (Å²) >= 11 is 0. The van der Waals surface area contributed by atoms with Gasteiger partial charge in [-0.2, -0.15) is 13.2 Å². The van der Waals surface area contributed by atoms with Gasteiger partial charge in [0, 0.05) is 5.92 Å². The summed E-state index contributed by atoms with van der Waals surface area (Å²) < 4.78 is 39.0. The van der Waals surface area contributed by atoms with Crippen LogP contribution in [0.15, 0.2) is 42.6 Å².